The predicted octanol–water partition coefficient (Wildman–Crippen LogP) is 22.2. The number of hydrogen-bond acceptors (Lipinski definition) is 6. The van der Waals surface area contributed by atoms with Gasteiger partial charge in [0.1, 0.15) is 13.2 Å². The molecule has 1 atom stereocenters. The van der Waals surface area contributed by atoms with Gasteiger partial charge in [0.2, 0.25) is 0 Å². The van der Waals surface area contributed by atoms with Gasteiger partial charge in [0.25, 0.3) is 0 Å². The highest BCUT2D eigenvalue weighted by molar-refractivity contribution is 5.71. The van der Waals surface area contributed by atoms with Crippen LogP contribution in [0, 0.1) is 0 Å². The third kappa shape index (κ3) is 60.2. The van der Waals surface area contributed by atoms with E-state index >= 15 is 0 Å². The van der Waals surface area contributed by atoms with Crippen molar-refractivity contribution in [3.8, 4) is 0 Å². The van der Waals surface area contributed by atoms with E-state index in [1.54, 1.807) is 0 Å². The lowest BCUT2D eigenvalue weighted by Gasteiger charge is -2.18. The summed E-state index contributed by atoms with van der Waals surface area (Å²) in [5.74, 6) is -0.868. The molecule has 1 unspecified atom stereocenters. The normalized spacial score (nSPS) is 12.3. The fourth-order valence-corrected chi connectivity index (χ4v) is 9.73. The summed E-state index contributed by atoms with van der Waals surface area (Å²) < 4.78 is 16.9. The Morgan fingerprint density at radius 2 is 0.527 bits per heavy atom. The molecule has 6 nitrogen and oxygen atoms in total. The number of hydrogen-bond donors (Lipinski definition) is 0. The fraction of sp³-hybridized carbons (Fsp3) is 0.838. The molecule has 0 aliphatic rings. The van der Waals surface area contributed by atoms with E-state index in [-0.39, 0.29) is 31.1 Å². The molecule has 0 N–H and O–H groups in total. The predicted molar refractivity (Wildman–Crippen MR) is 321 cm³/mol. The number of carbonyl (C=O) groups is 3. The summed E-state index contributed by atoms with van der Waals surface area (Å²) in [7, 11) is 0. The van der Waals surface area contributed by atoms with Gasteiger partial charge in [0, 0.05) is 19.3 Å². The molecule has 0 saturated heterocycles. The van der Waals surface area contributed by atoms with Gasteiger partial charge < -0.3 is 14.2 Å². The molecule has 0 aromatic heterocycles. The first-order valence-electron chi connectivity index (χ1n) is 32.6. The van der Waals surface area contributed by atoms with E-state index in [0.717, 1.165) is 96.3 Å². The molecule has 0 aliphatic heterocycles. The molecule has 0 heterocycles. The Labute approximate surface area is 460 Å². The summed E-state index contributed by atoms with van der Waals surface area (Å²) in [4.78, 5) is 38.2. The lowest BCUT2D eigenvalue weighted by Crippen LogP contribution is -2.30. The fourth-order valence-electron chi connectivity index (χ4n) is 9.73. The Bertz CT molecular complexity index is 1280. The molecule has 432 valence electrons. The van der Waals surface area contributed by atoms with E-state index < -0.39 is 6.10 Å². The van der Waals surface area contributed by atoms with Crippen LogP contribution in [0.5, 0.6) is 0 Å². The zero-order chi connectivity index (χ0) is 53.6. The lowest BCUT2D eigenvalue weighted by atomic mass is 10.0. The van der Waals surface area contributed by atoms with Crippen LogP contribution in [-0.4, -0.2) is 37.2 Å². The molecule has 0 saturated carbocycles. The number of esters is 3. The molecule has 0 rings (SSSR count). The van der Waals surface area contributed by atoms with Crippen LogP contribution in [-0.2, 0) is 28.6 Å². The first-order valence-corrected chi connectivity index (χ1v) is 32.6. The van der Waals surface area contributed by atoms with Gasteiger partial charge in [-0.25, -0.2) is 0 Å². The van der Waals surface area contributed by atoms with Crippen LogP contribution in [0.15, 0.2) is 48.6 Å². The monoisotopic (exact) mass is 1040 g/mol. The molecule has 74 heavy (non-hydrogen) atoms. The average molecular weight is 1040 g/mol. The van der Waals surface area contributed by atoms with Crippen molar-refractivity contribution in [3.63, 3.8) is 0 Å². The second kappa shape index (κ2) is 62.9. The molecule has 0 spiro atoms. The van der Waals surface area contributed by atoms with Crippen molar-refractivity contribution in [2.75, 3.05) is 13.2 Å². The zero-order valence-corrected chi connectivity index (χ0v) is 49.6. The van der Waals surface area contributed by atoms with Crippen LogP contribution in [0.4, 0.5) is 0 Å². The van der Waals surface area contributed by atoms with Gasteiger partial charge in [0.15, 0.2) is 6.10 Å². The first-order chi connectivity index (χ1) is 36.5. The second-order valence-corrected chi connectivity index (χ2v) is 22.0. The summed E-state index contributed by atoms with van der Waals surface area (Å²) in [5, 5.41) is 0. The maximum atomic E-state index is 12.9. The van der Waals surface area contributed by atoms with Crippen LogP contribution in [0.1, 0.15) is 348 Å². The Hall–Kier alpha value is -2.63. The number of carbonyl (C=O) groups excluding carboxylic acids is 3. The van der Waals surface area contributed by atoms with E-state index in [1.807, 2.05) is 0 Å². The largest absolute Gasteiger partial charge is 0.462 e. The maximum absolute atomic E-state index is 12.9. The first kappa shape index (κ1) is 71.4. The van der Waals surface area contributed by atoms with Crippen molar-refractivity contribution in [1.82, 2.24) is 0 Å². The Kier molecular flexibility index (Phi) is 60.7. The Morgan fingerprint density at radius 3 is 0.824 bits per heavy atom. The minimum atomic E-state index is -0.778. The highest BCUT2D eigenvalue weighted by Gasteiger charge is 2.19. The summed E-state index contributed by atoms with van der Waals surface area (Å²) in [6.45, 7) is 6.56. The Morgan fingerprint density at radius 1 is 0.284 bits per heavy atom. The average Bonchev–Trinajstić information content (AvgIpc) is 3.40. The van der Waals surface area contributed by atoms with Gasteiger partial charge in [0.05, 0.1) is 0 Å². The van der Waals surface area contributed by atoms with Gasteiger partial charge in [-0.15, -0.1) is 0 Å². The molecule has 0 bridgehead atoms. The van der Waals surface area contributed by atoms with Crippen molar-refractivity contribution >= 4 is 17.9 Å². The second-order valence-electron chi connectivity index (χ2n) is 22.0. The van der Waals surface area contributed by atoms with Crippen molar-refractivity contribution < 1.29 is 28.6 Å². The van der Waals surface area contributed by atoms with E-state index in [2.05, 4.69) is 69.4 Å². The lowest BCUT2D eigenvalue weighted by molar-refractivity contribution is -0.167. The Balaban J connectivity index is 4.21. The van der Waals surface area contributed by atoms with Gasteiger partial charge in [-0.3, -0.25) is 14.4 Å². The molecule has 0 fully saturated rings. The summed E-state index contributed by atoms with van der Waals surface area (Å²) in [6.07, 6.45) is 78.5. The van der Waals surface area contributed by atoms with Crippen molar-refractivity contribution in [2.45, 2.75) is 354 Å². The zero-order valence-electron chi connectivity index (χ0n) is 49.6. The van der Waals surface area contributed by atoms with Gasteiger partial charge in [-0.2, -0.15) is 0 Å². The number of unbranched alkanes of at least 4 members (excludes halogenated alkanes) is 41. The van der Waals surface area contributed by atoms with Crippen LogP contribution >= 0.6 is 0 Å². The quantitative estimate of drug-likeness (QED) is 0.0261. The molecule has 0 amide bonds. The molecule has 0 aliphatic carbocycles. The SMILES string of the molecule is CC/C=C\C/C=C\C/C=C\C/C=C\CCCCCCCCC(=O)OC(COC(=O)CCCCCCCCCCCCC)COC(=O)CCCCCCCCCCCCCCCCCCCCCCCCCCCC. The minimum absolute atomic E-state index is 0.0744. The third-order valence-electron chi connectivity index (χ3n) is 14.6. The van der Waals surface area contributed by atoms with Gasteiger partial charge in [-0.05, 0) is 57.8 Å². The standard InChI is InChI=1S/C68H124O6/c1-4-7-10-13-16-19-22-24-26-28-30-31-32-33-34-35-36-38-39-41-43-46-49-52-55-58-61-67(70)73-64-65(63-72-66(69)60-57-54-51-48-45-21-18-15-12-9-6-3)74-68(71)62-59-56-53-50-47-44-42-40-37-29-27-25-23-20-17-14-11-8-5-2/h8,11,17,20,25,27,37,40,65H,4-7,9-10,12-16,18-19,21-24,26,28-36,38-39,41-64H2,1-3H3/b11-8-,20-17-,27-25-,40-37-. The summed E-state index contributed by atoms with van der Waals surface area (Å²) >= 11 is 0. The van der Waals surface area contributed by atoms with Crippen LogP contribution in [0.25, 0.3) is 0 Å². The summed E-state index contributed by atoms with van der Waals surface area (Å²) in [6, 6.07) is 0. The van der Waals surface area contributed by atoms with Gasteiger partial charge in [-0.1, -0.05) is 320 Å². The number of ether oxygens (including phenoxy) is 3. The molecular weight excluding hydrogens is 913 g/mol. The topological polar surface area (TPSA) is 78.9 Å². The van der Waals surface area contributed by atoms with Gasteiger partial charge >= 0.3 is 17.9 Å². The van der Waals surface area contributed by atoms with E-state index in [1.165, 1.54) is 212 Å². The van der Waals surface area contributed by atoms with E-state index in [9.17, 15) is 14.4 Å². The highest BCUT2D eigenvalue weighted by atomic mass is 16.6. The minimum Gasteiger partial charge on any atom is -0.462 e. The molecule has 0 aromatic carbocycles. The van der Waals surface area contributed by atoms with E-state index in [4.69, 9.17) is 14.2 Å². The molecule has 0 aromatic rings. The maximum Gasteiger partial charge on any atom is 0.306 e. The summed E-state index contributed by atoms with van der Waals surface area (Å²) in [5.41, 5.74) is 0. The number of rotatable bonds is 60. The van der Waals surface area contributed by atoms with Crippen LogP contribution < -0.4 is 0 Å². The van der Waals surface area contributed by atoms with Crippen molar-refractivity contribution in [2.24, 2.45) is 0 Å². The van der Waals surface area contributed by atoms with Crippen molar-refractivity contribution in [3.05, 3.63) is 48.6 Å². The molecular formula is C68H124O6. The third-order valence-corrected chi connectivity index (χ3v) is 14.6. The molecule has 0 radical (unpaired) electrons. The molecule has 6 heteroatoms. The van der Waals surface area contributed by atoms with E-state index in [0.29, 0.717) is 19.3 Å². The smallest absolute Gasteiger partial charge is 0.306 e. The number of allylic oxidation sites excluding steroid dienone is 8. The highest BCUT2D eigenvalue weighted by Crippen LogP contribution is 2.18. The van der Waals surface area contributed by atoms with Crippen molar-refractivity contribution in [1.29, 1.82) is 0 Å². The van der Waals surface area contributed by atoms with Crippen LogP contribution in [0.3, 0.4) is 0 Å². The van der Waals surface area contributed by atoms with Crippen LogP contribution in [0.2, 0.25) is 0 Å².